The lowest BCUT2D eigenvalue weighted by Gasteiger charge is -2.11. The topological polar surface area (TPSA) is 41.1 Å². The van der Waals surface area contributed by atoms with Gasteiger partial charge in [-0.05, 0) is 32.4 Å². The maximum atomic E-state index is 11.7. The Labute approximate surface area is 99.4 Å². The van der Waals surface area contributed by atoms with Gasteiger partial charge in [-0.2, -0.15) is 0 Å². The SMILES string of the molecule is CNCCCNC(=O)C(C)CCCC1CC1. The second-order valence-corrected chi connectivity index (χ2v) is 5.02. The van der Waals surface area contributed by atoms with Crippen molar-refractivity contribution >= 4 is 5.91 Å². The fraction of sp³-hybridized carbons (Fsp3) is 0.923. The maximum Gasteiger partial charge on any atom is 0.222 e. The van der Waals surface area contributed by atoms with E-state index in [0.29, 0.717) is 0 Å². The van der Waals surface area contributed by atoms with Crippen molar-refractivity contribution in [3.05, 3.63) is 0 Å². The summed E-state index contributed by atoms with van der Waals surface area (Å²) in [5.74, 6) is 1.41. The Morgan fingerprint density at radius 1 is 1.31 bits per heavy atom. The van der Waals surface area contributed by atoms with E-state index in [1.165, 1.54) is 25.7 Å². The lowest BCUT2D eigenvalue weighted by Crippen LogP contribution is -2.31. The molecule has 0 aromatic carbocycles. The molecule has 1 unspecified atom stereocenters. The van der Waals surface area contributed by atoms with Crippen LogP contribution in [0.1, 0.15) is 45.4 Å². The molecule has 0 aromatic heterocycles. The normalized spacial score (nSPS) is 17.1. The fourth-order valence-electron chi connectivity index (χ4n) is 1.90. The van der Waals surface area contributed by atoms with Gasteiger partial charge in [0.1, 0.15) is 0 Å². The minimum absolute atomic E-state index is 0.188. The molecule has 0 saturated heterocycles. The Morgan fingerprint density at radius 3 is 2.69 bits per heavy atom. The Kier molecular flexibility index (Phi) is 6.46. The van der Waals surface area contributed by atoms with Crippen molar-refractivity contribution in [3.8, 4) is 0 Å². The number of hydrogen-bond donors (Lipinski definition) is 2. The van der Waals surface area contributed by atoms with Crippen molar-refractivity contribution < 1.29 is 4.79 Å². The van der Waals surface area contributed by atoms with Gasteiger partial charge in [0.05, 0.1) is 0 Å². The van der Waals surface area contributed by atoms with Crippen LogP contribution < -0.4 is 10.6 Å². The number of carbonyl (C=O) groups excluding carboxylic acids is 1. The molecule has 1 atom stereocenters. The van der Waals surface area contributed by atoms with E-state index >= 15 is 0 Å². The molecule has 0 heterocycles. The molecule has 0 bridgehead atoms. The van der Waals surface area contributed by atoms with Crippen LogP contribution in [0.3, 0.4) is 0 Å². The van der Waals surface area contributed by atoms with Gasteiger partial charge in [0, 0.05) is 12.5 Å². The zero-order chi connectivity index (χ0) is 11.8. The lowest BCUT2D eigenvalue weighted by atomic mass is 10.0. The first-order valence-electron chi connectivity index (χ1n) is 6.66. The van der Waals surface area contributed by atoms with Gasteiger partial charge in [-0.1, -0.05) is 32.6 Å². The zero-order valence-corrected chi connectivity index (χ0v) is 10.7. The first-order valence-corrected chi connectivity index (χ1v) is 6.66. The highest BCUT2D eigenvalue weighted by Gasteiger charge is 2.21. The molecule has 1 rings (SSSR count). The van der Waals surface area contributed by atoms with Gasteiger partial charge in [-0.15, -0.1) is 0 Å². The third-order valence-electron chi connectivity index (χ3n) is 3.30. The van der Waals surface area contributed by atoms with Crippen LogP contribution in [0, 0.1) is 11.8 Å². The van der Waals surface area contributed by atoms with Crippen molar-refractivity contribution in [1.29, 1.82) is 0 Å². The fourth-order valence-corrected chi connectivity index (χ4v) is 1.90. The van der Waals surface area contributed by atoms with E-state index in [2.05, 4.69) is 10.6 Å². The standard InChI is InChI=1S/C13H26N2O/c1-11(5-3-6-12-7-8-12)13(16)15-10-4-9-14-2/h11-12,14H,3-10H2,1-2H3,(H,15,16). The van der Waals surface area contributed by atoms with Gasteiger partial charge in [0.2, 0.25) is 5.91 Å². The Morgan fingerprint density at radius 2 is 2.06 bits per heavy atom. The quantitative estimate of drug-likeness (QED) is 0.590. The number of amides is 1. The summed E-state index contributed by atoms with van der Waals surface area (Å²) < 4.78 is 0. The molecule has 1 fully saturated rings. The van der Waals surface area contributed by atoms with Gasteiger partial charge in [0.15, 0.2) is 0 Å². The first-order chi connectivity index (χ1) is 7.74. The van der Waals surface area contributed by atoms with E-state index in [-0.39, 0.29) is 11.8 Å². The first kappa shape index (κ1) is 13.5. The van der Waals surface area contributed by atoms with Gasteiger partial charge >= 0.3 is 0 Å². The number of rotatable bonds is 9. The van der Waals surface area contributed by atoms with E-state index in [4.69, 9.17) is 0 Å². The van der Waals surface area contributed by atoms with E-state index in [0.717, 1.165) is 31.8 Å². The van der Waals surface area contributed by atoms with Crippen molar-refractivity contribution in [2.75, 3.05) is 20.1 Å². The zero-order valence-electron chi connectivity index (χ0n) is 10.7. The van der Waals surface area contributed by atoms with Crippen LogP contribution in [-0.4, -0.2) is 26.0 Å². The third kappa shape index (κ3) is 6.11. The highest BCUT2D eigenvalue weighted by molar-refractivity contribution is 5.78. The molecule has 0 aliphatic heterocycles. The smallest absolute Gasteiger partial charge is 0.222 e. The van der Waals surface area contributed by atoms with Crippen molar-refractivity contribution in [2.24, 2.45) is 11.8 Å². The van der Waals surface area contributed by atoms with Crippen LogP contribution in [0.2, 0.25) is 0 Å². The maximum absolute atomic E-state index is 11.7. The molecular weight excluding hydrogens is 200 g/mol. The number of nitrogens with one attached hydrogen (secondary N) is 2. The van der Waals surface area contributed by atoms with E-state index in [1.54, 1.807) is 0 Å². The Bertz CT molecular complexity index is 202. The van der Waals surface area contributed by atoms with Crippen molar-refractivity contribution in [1.82, 2.24) is 10.6 Å². The molecule has 1 amide bonds. The molecule has 1 aliphatic carbocycles. The summed E-state index contributed by atoms with van der Waals surface area (Å²) in [4.78, 5) is 11.7. The molecule has 0 aromatic rings. The van der Waals surface area contributed by atoms with Crippen LogP contribution in [0.15, 0.2) is 0 Å². The third-order valence-corrected chi connectivity index (χ3v) is 3.30. The summed E-state index contributed by atoms with van der Waals surface area (Å²) in [5.41, 5.74) is 0. The predicted octanol–water partition coefficient (Wildman–Crippen LogP) is 1.93. The van der Waals surface area contributed by atoms with E-state index in [9.17, 15) is 4.79 Å². The second-order valence-electron chi connectivity index (χ2n) is 5.02. The number of hydrogen-bond acceptors (Lipinski definition) is 2. The summed E-state index contributed by atoms with van der Waals surface area (Å²) in [6.07, 6.45) is 7.45. The highest BCUT2D eigenvalue weighted by Crippen LogP contribution is 2.34. The average Bonchev–Trinajstić information content (AvgIpc) is 3.08. The summed E-state index contributed by atoms with van der Waals surface area (Å²) in [6, 6.07) is 0. The van der Waals surface area contributed by atoms with Gasteiger partial charge in [-0.25, -0.2) is 0 Å². The molecule has 2 N–H and O–H groups in total. The van der Waals surface area contributed by atoms with Gasteiger partial charge in [-0.3, -0.25) is 4.79 Å². The molecule has 3 nitrogen and oxygen atoms in total. The summed E-state index contributed by atoms with van der Waals surface area (Å²) in [5, 5.41) is 6.07. The molecule has 0 spiro atoms. The van der Waals surface area contributed by atoms with Crippen LogP contribution in [0.5, 0.6) is 0 Å². The lowest BCUT2D eigenvalue weighted by molar-refractivity contribution is -0.124. The molecule has 0 radical (unpaired) electrons. The minimum Gasteiger partial charge on any atom is -0.356 e. The number of carbonyl (C=O) groups is 1. The Balaban J connectivity index is 1.95. The Hall–Kier alpha value is -0.570. The van der Waals surface area contributed by atoms with Crippen LogP contribution in [0.4, 0.5) is 0 Å². The molecule has 1 aliphatic rings. The minimum atomic E-state index is 0.188. The van der Waals surface area contributed by atoms with E-state index < -0.39 is 0 Å². The molecule has 1 saturated carbocycles. The highest BCUT2D eigenvalue weighted by atomic mass is 16.1. The summed E-state index contributed by atoms with van der Waals surface area (Å²) in [6.45, 7) is 3.81. The van der Waals surface area contributed by atoms with Crippen LogP contribution in [-0.2, 0) is 4.79 Å². The van der Waals surface area contributed by atoms with Gasteiger partial charge < -0.3 is 10.6 Å². The monoisotopic (exact) mass is 226 g/mol. The molecular formula is C13H26N2O. The summed E-state index contributed by atoms with van der Waals surface area (Å²) in [7, 11) is 1.93. The largest absolute Gasteiger partial charge is 0.356 e. The average molecular weight is 226 g/mol. The summed E-state index contributed by atoms with van der Waals surface area (Å²) >= 11 is 0. The molecule has 94 valence electrons. The molecule has 16 heavy (non-hydrogen) atoms. The molecule has 3 heteroatoms. The van der Waals surface area contributed by atoms with Crippen LogP contribution >= 0.6 is 0 Å². The van der Waals surface area contributed by atoms with Crippen molar-refractivity contribution in [2.45, 2.75) is 45.4 Å². The van der Waals surface area contributed by atoms with Crippen LogP contribution in [0.25, 0.3) is 0 Å². The van der Waals surface area contributed by atoms with E-state index in [1.807, 2.05) is 14.0 Å². The predicted molar refractivity (Wildman–Crippen MR) is 67.3 cm³/mol. The second kappa shape index (κ2) is 7.66. The van der Waals surface area contributed by atoms with Crippen molar-refractivity contribution in [3.63, 3.8) is 0 Å². The van der Waals surface area contributed by atoms with Gasteiger partial charge in [0.25, 0.3) is 0 Å².